The van der Waals surface area contributed by atoms with Crippen LogP contribution in [0, 0.1) is 0 Å². The normalized spacial score (nSPS) is 30.4. The van der Waals surface area contributed by atoms with Gasteiger partial charge in [-0.15, -0.1) is 6.58 Å². The van der Waals surface area contributed by atoms with Gasteiger partial charge in [0.1, 0.15) is 6.04 Å². The van der Waals surface area contributed by atoms with Gasteiger partial charge in [0.15, 0.2) is 0 Å². The number of hydrogen-bond donors (Lipinski definition) is 2. The van der Waals surface area contributed by atoms with E-state index in [1.54, 1.807) is 11.0 Å². The maximum Gasteiger partial charge on any atom is 0.323 e. The van der Waals surface area contributed by atoms with Gasteiger partial charge in [0.2, 0.25) is 0 Å². The van der Waals surface area contributed by atoms with Crippen molar-refractivity contribution >= 4 is 5.97 Å². The lowest BCUT2D eigenvalue weighted by Gasteiger charge is -2.20. The lowest BCUT2D eigenvalue weighted by molar-refractivity contribution is -0.144. The molecule has 0 aromatic rings. The smallest absolute Gasteiger partial charge is 0.323 e. The fourth-order valence-corrected chi connectivity index (χ4v) is 1.53. The Morgan fingerprint density at radius 2 is 2.42 bits per heavy atom. The van der Waals surface area contributed by atoms with E-state index in [1.165, 1.54) is 0 Å². The molecule has 1 aliphatic heterocycles. The molecule has 0 amide bonds. The molecule has 68 valence electrons. The van der Waals surface area contributed by atoms with E-state index in [0.29, 0.717) is 19.5 Å². The number of aliphatic hydroxyl groups excluding tert-OH is 1. The molecule has 2 N–H and O–H groups in total. The Bertz CT molecular complexity index is 193. The largest absolute Gasteiger partial charge is 0.480 e. The number of hydrogen-bond acceptors (Lipinski definition) is 3. The quantitative estimate of drug-likeness (QED) is 0.572. The number of aliphatic hydroxyl groups is 1. The van der Waals surface area contributed by atoms with Gasteiger partial charge in [0.05, 0.1) is 6.10 Å². The number of nitrogens with zero attached hydrogens (tertiary/aromatic N) is 1. The van der Waals surface area contributed by atoms with Gasteiger partial charge in [0, 0.05) is 13.1 Å². The Hall–Kier alpha value is -0.870. The molecule has 1 aliphatic rings. The van der Waals surface area contributed by atoms with Gasteiger partial charge >= 0.3 is 5.97 Å². The molecule has 12 heavy (non-hydrogen) atoms. The van der Waals surface area contributed by atoms with Gasteiger partial charge in [0.25, 0.3) is 0 Å². The van der Waals surface area contributed by atoms with Crippen LogP contribution in [-0.4, -0.2) is 46.3 Å². The summed E-state index contributed by atoms with van der Waals surface area (Å²) in [7, 11) is 0. The Kier molecular flexibility index (Phi) is 2.83. The summed E-state index contributed by atoms with van der Waals surface area (Å²) in [6.07, 6.45) is 1.45. The molecular formula is C8H13NO3. The van der Waals surface area contributed by atoms with Crippen molar-refractivity contribution in [3.05, 3.63) is 12.7 Å². The molecule has 4 nitrogen and oxygen atoms in total. The summed E-state index contributed by atoms with van der Waals surface area (Å²) < 4.78 is 0. The maximum absolute atomic E-state index is 10.7. The highest BCUT2D eigenvalue weighted by Crippen LogP contribution is 2.17. The van der Waals surface area contributed by atoms with Gasteiger partial charge in [-0.05, 0) is 6.42 Å². The number of carboxylic acids is 1. The van der Waals surface area contributed by atoms with E-state index in [4.69, 9.17) is 5.11 Å². The number of carbonyl (C=O) groups is 1. The fraction of sp³-hybridized carbons (Fsp3) is 0.625. The molecular weight excluding hydrogens is 158 g/mol. The summed E-state index contributed by atoms with van der Waals surface area (Å²) in [6, 6.07) is -0.747. The van der Waals surface area contributed by atoms with E-state index in [-0.39, 0.29) is 0 Å². The van der Waals surface area contributed by atoms with Crippen molar-refractivity contribution in [1.82, 2.24) is 4.90 Å². The van der Waals surface area contributed by atoms with Gasteiger partial charge in [-0.25, -0.2) is 0 Å². The second-order valence-electron chi connectivity index (χ2n) is 2.92. The number of aliphatic carboxylic acids is 1. The van der Waals surface area contributed by atoms with Crippen LogP contribution in [0.25, 0.3) is 0 Å². The van der Waals surface area contributed by atoms with Crippen molar-refractivity contribution in [2.75, 3.05) is 13.1 Å². The highest BCUT2D eigenvalue weighted by molar-refractivity contribution is 5.74. The predicted molar refractivity (Wildman–Crippen MR) is 43.8 cm³/mol. The first-order valence-electron chi connectivity index (χ1n) is 3.92. The standard InChI is InChI=1S/C8H13NO3/c1-2-4-9-5-3-6(10)7(9)8(11)12/h2,6-7,10H,1,3-5H2,(H,11,12)/t6?,7-/m0/s1. The van der Waals surface area contributed by atoms with Gasteiger partial charge in [-0.1, -0.05) is 6.08 Å². The van der Waals surface area contributed by atoms with Gasteiger partial charge in [-0.3, -0.25) is 9.69 Å². The fourth-order valence-electron chi connectivity index (χ4n) is 1.53. The van der Waals surface area contributed by atoms with Gasteiger partial charge < -0.3 is 10.2 Å². The van der Waals surface area contributed by atoms with E-state index >= 15 is 0 Å². The van der Waals surface area contributed by atoms with E-state index in [9.17, 15) is 9.90 Å². The van der Waals surface area contributed by atoms with Crippen LogP contribution in [0.15, 0.2) is 12.7 Å². The molecule has 0 aromatic carbocycles. The van der Waals surface area contributed by atoms with Crippen molar-refractivity contribution in [1.29, 1.82) is 0 Å². The first kappa shape index (κ1) is 9.22. The monoisotopic (exact) mass is 171 g/mol. The van der Waals surface area contributed by atoms with Crippen molar-refractivity contribution in [3.8, 4) is 0 Å². The molecule has 0 saturated carbocycles. The van der Waals surface area contributed by atoms with Crippen LogP contribution in [0.4, 0.5) is 0 Å². The third-order valence-electron chi connectivity index (χ3n) is 2.09. The lowest BCUT2D eigenvalue weighted by atomic mass is 10.2. The third-order valence-corrected chi connectivity index (χ3v) is 2.09. The Morgan fingerprint density at radius 1 is 1.75 bits per heavy atom. The summed E-state index contributed by atoms with van der Waals surface area (Å²) in [6.45, 7) is 4.68. The Morgan fingerprint density at radius 3 is 2.92 bits per heavy atom. The van der Waals surface area contributed by atoms with Crippen LogP contribution in [0.2, 0.25) is 0 Å². The zero-order chi connectivity index (χ0) is 9.14. The topological polar surface area (TPSA) is 60.8 Å². The van der Waals surface area contributed by atoms with E-state index in [1.807, 2.05) is 0 Å². The van der Waals surface area contributed by atoms with Gasteiger partial charge in [-0.2, -0.15) is 0 Å². The first-order valence-corrected chi connectivity index (χ1v) is 3.92. The molecule has 1 saturated heterocycles. The minimum Gasteiger partial charge on any atom is -0.480 e. The summed E-state index contributed by atoms with van der Waals surface area (Å²) >= 11 is 0. The Labute approximate surface area is 71.1 Å². The summed E-state index contributed by atoms with van der Waals surface area (Å²) in [5, 5.41) is 18.0. The molecule has 0 spiro atoms. The molecule has 2 atom stereocenters. The minimum absolute atomic E-state index is 0.522. The zero-order valence-corrected chi connectivity index (χ0v) is 6.81. The minimum atomic E-state index is -0.957. The first-order chi connectivity index (χ1) is 5.66. The molecule has 0 aliphatic carbocycles. The molecule has 4 heteroatoms. The molecule has 1 fully saturated rings. The van der Waals surface area contributed by atoms with Crippen molar-refractivity contribution < 1.29 is 15.0 Å². The SMILES string of the molecule is C=CCN1CCC(O)[C@H]1C(=O)O. The zero-order valence-electron chi connectivity index (χ0n) is 6.81. The second-order valence-corrected chi connectivity index (χ2v) is 2.92. The van der Waals surface area contributed by atoms with Crippen LogP contribution in [0.5, 0.6) is 0 Å². The molecule has 1 heterocycles. The molecule has 1 rings (SSSR count). The average molecular weight is 171 g/mol. The van der Waals surface area contributed by atoms with Crippen LogP contribution >= 0.6 is 0 Å². The summed E-state index contributed by atoms with van der Waals surface area (Å²) in [5.41, 5.74) is 0. The highest BCUT2D eigenvalue weighted by atomic mass is 16.4. The summed E-state index contributed by atoms with van der Waals surface area (Å²) in [4.78, 5) is 12.4. The predicted octanol–water partition coefficient (Wildman–Crippen LogP) is -0.308. The maximum atomic E-state index is 10.7. The van der Waals surface area contributed by atoms with Crippen LogP contribution in [0.3, 0.4) is 0 Å². The lowest BCUT2D eigenvalue weighted by Crippen LogP contribution is -2.41. The van der Waals surface area contributed by atoms with E-state index < -0.39 is 18.1 Å². The van der Waals surface area contributed by atoms with E-state index in [0.717, 1.165) is 0 Å². The number of likely N-dealkylation sites (tertiary alicyclic amines) is 1. The average Bonchev–Trinajstić information content (AvgIpc) is 2.32. The van der Waals surface area contributed by atoms with Crippen LogP contribution in [-0.2, 0) is 4.79 Å². The molecule has 1 unspecified atom stereocenters. The van der Waals surface area contributed by atoms with Crippen LogP contribution in [0.1, 0.15) is 6.42 Å². The number of carboxylic acid groups (broad SMARTS) is 1. The van der Waals surface area contributed by atoms with Crippen LogP contribution < -0.4 is 0 Å². The highest BCUT2D eigenvalue weighted by Gasteiger charge is 2.37. The molecule has 0 aromatic heterocycles. The van der Waals surface area contributed by atoms with Crippen molar-refractivity contribution in [2.24, 2.45) is 0 Å². The van der Waals surface area contributed by atoms with Crippen molar-refractivity contribution in [3.63, 3.8) is 0 Å². The molecule has 0 bridgehead atoms. The van der Waals surface area contributed by atoms with Crippen molar-refractivity contribution in [2.45, 2.75) is 18.6 Å². The number of rotatable bonds is 3. The molecule has 0 radical (unpaired) electrons. The summed E-state index contributed by atoms with van der Waals surface area (Å²) in [5.74, 6) is -0.957. The third kappa shape index (κ3) is 1.65. The second kappa shape index (κ2) is 3.69. The van der Waals surface area contributed by atoms with E-state index in [2.05, 4.69) is 6.58 Å². The Balaban J connectivity index is 2.63.